The van der Waals surface area contributed by atoms with E-state index in [2.05, 4.69) is 10.1 Å². The van der Waals surface area contributed by atoms with Crippen molar-refractivity contribution >= 4 is 16.7 Å². The number of aromatic nitrogens is 3. The molecule has 0 saturated carbocycles. The van der Waals surface area contributed by atoms with Gasteiger partial charge in [0.05, 0.1) is 17.3 Å². The first-order valence-corrected chi connectivity index (χ1v) is 6.21. The van der Waals surface area contributed by atoms with Crippen molar-refractivity contribution in [2.24, 2.45) is 0 Å². The van der Waals surface area contributed by atoms with Gasteiger partial charge < -0.3 is 0 Å². The van der Waals surface area contributed by atoms with Gasteiger partial charge in [-0.15, -0.1) is 0 Å². The lowest BCUT2D eigenvalue weighted by atomic mass is 10.1. The number of benzene rings is 1. The van der Waals surface area contributed by atoms with Crippen molar-refractivity contribution in [3.8, 4) is 0 Å². The maximum absolute atomic E-state index is 12.3. The van der Waals surface area contributed by atoms with E-state index in [1.807, 2.05) is 37.3 Å². The van der Waals surface area contributed by atoms with E-state index < -0.39 is 0 Å². The molecule has 0 aliphatic heterocycles. The van der Waals surface area contributed by atoms with Gasteiger partial charge >= 0.3 is 0 Å². The van der Waals surface area contributed by atoms with Crippen molar-refractivity contribution in [3.63, 3.8) is 0 Å². The van der Waals surface area contributed by atoms with Gasteiger partial charge in [-0.3, -0.25) is 9.48 Å². The molecule has 0 spiro atoms. The summed E-state index contributed by atoms with van der Waals surface area (Å²) < 4.78 is 1.73. The molecule has 2 heterocycles. The van der Waals surface area contributed by atoms with E-state index >= 15 is 0 Å². The molecule has 0 fully saturated rings. The molecule has 4 nitrogen and oxygen atoms in total. The summed E-state index contributed by atoms with van der Waals surface area (Å²) in [6, 6.07) is 11.4. The molecule has 0 radical (unpaired) electrons. The number of carbonyl (C=O) groups is 1. The van der Waals surface area contributed by atoms with Crippen LogP contribution < -0.4 is 0 Å². The Morgan fingerprint density at radius 3 is 2.84 bits per heavy atom. The third-order valence-electron chi connectivity index (χ3n) is 3.05. The van der Waals surface area contributed by atoms with Gasteiger partial charge in [-0.25, -0.2) is 4.98 Å². The second kappa shape index (κ2) is 4.65. The molecule has 94 valence electrons. The van der Waals surface area contributed by atoms with Gasteiger partial charge in [0.2, 0.25) is 5.78 Å². The molecule has 0 N–H and O–H groups in total. The Balaban J connectivity index is 2.01. The molecule has 0 unspecified atom stereocenters. The third-order valence-corrected chi connectivity index (χ3v) is 3.05. The minimum atomic E-state index is -0.0922. The zero-order chi connectivity index (χ0) is 13.2. The number of para-hydroxylation sites is 1. The Morgan fingerprint density at radius 2 is 2.05 bits per heavy atom. The van der Waals surface area contributed by atoms with E-state index in [0.29, 0.717) is 11.3 Å². The summed E-state index contributed by atoms with van der Waals surface area (Å²) in [5, 5.41) is 5.14. The van der Waals surface area contributed by atoms with E-state index in [1.165, 1.54) is 0 Å². The summed E-state index contributed by atoms with van der Waals surface area (Å²) in [6.45, 7) is 2.73. The summed E-state index contributed by atoms with van der Waals surface area (Å²) in [5.74, 6) is -0.0922. The van der Waals surface area contributed by atoms with Crippen molar-refractivity contribution < 1.29 is 4.79 Å². The Labute approximate surface area is 110 Å². The smallest absolute Gasteiger partial charge is 0.214 e. The number of aryl methyl sites for hydroxylation is 1. The molecule has 2 aromatic heterocycles. The standard InChI is InChI=1S/C15H13N3O/c1-2-18-10-12(9-16-18)15(19)14-8-7-11-5-3-4-6-13(11)17-14/h3-10H,2H2,1H3. The maximum atomic E-state index is 12.3. The number of carbonyl (C=O) groups excluding carboxylic acids is 1. The average molecular weight is 251 g/mol. The normalized spacial score (nSPS) is 10.8. The highest BCUT2D eigenvalue weighted by Crippen LogP contribution is 2.14. The Bertz CT molecular complexity index is 746. The topological polar surface area (TPSA) is 47.8 Å². The lowest BCUT2D eigenvalue weighted by Crippen LogP contribution is -2.03. The van der Waals surface area contributed by atoms with E-state index in [4.69, 9.17) is 0 Å². The predicted molar refractivity (Wildman–Crippen MR) is 73.1 cm³/mol. The third kappa shape index (κ3) is 2.12. The zero-order valence-corrected chi connectivity index (χ0v) is 10.6. The van der Waals surface area contributed by atoms with Gasteiger partial charge in [-0.2, -0.15) is 5.10 Å². The Hall–Kier alpha value is -2.49. The number of hydrogen-bond donors (Lipinski definition) is 0. The molecule has 0 aliphatic carbocycles. The lowest BCUT2D eigenvalue weighted by molar-refractivity contribution is 0.103. The van der Waals surface area contributed by atoms with Crippen molar-refractivity contribution in [3.05, 3.63) is 60.0 Å². The van der Waals surface area contributed by atoms with Crippen LogP contribution in [0.4, 0.5) is 0 Å². The van der Waals surface area contributed by atoms with Crippen LogP contribution in [0.25, 0.3) is 10.9 Å². The van der Waals surface area contributed by atoms with Crippen LogP contribution >= 0.6 is 0 Å². The number of pyridine rings is 1. The lowest BCUT2D eigenvalue weighted by Gasteiger charge is -2.00. The molecule has 0 amide bonds. The van der Waals surface area contributed by atoms with E-state index in [0.717, 1.165) is 17.4 Å². The number of rotatable bonds is 3. The molecule has 3 aromatic rings. The summed E-state index contributed by atoms with van der Waals surface area (Å²) in [4.78, 5) is 16.7. The van der Waals surface area contributed by atoms with Crippen molar-refractivity contribution in [2.75, 3.05) is 0 Å². The fourth-order valence-electron chi connectivity index (χ4n) is 1.99. The molecule has 1 aromatic carbocycles. The van der Waals surface area contributed by atoms with Gasteiger partial charge in [0.25, 0.3) is 0 Å². The van der Waals surface area contributed by atoms with Crippen LogP contribution in [-0.4, -0.2) is 20.5 Å². The van der Waals surface area contributed by atoms with Crippen molar-refractivity contribution in [1.29, 1.82) is 0 Å². The molecule has 4 heteroatoms. The molecular weight excluding hydrogens is 238 g/mol. The second-order valence-electron chi connectivity index (χ2n) is 4.30. The van der Waals surface area contributed by atoms with E-state index in [-0.39, 0.29) is 5.78 Å². The molecule has 0 bridgehead atoms. The van der Waals surface area contributed by atoms with E-state index in [1.54, 1.807) is 23.1 Å². The summed E-state index contributed by atoms with van der Waals surface area (Å²) in [7, 11) is 0. The highest BCUT2D eigenvalue weighted by molar-refractivity contribution is 6.08. The predicted octanol–water partition coefficient (Wildman–Crippen LogP) is 2.68. The van der Waals surface area contributed by atoms with Gasteiger partial charge in [-0.05, 0) is 19.1 Å². The first-order valence-electron chi connectivity index (χ1n) is 6.21. The minimum absolute atomic E-state index is 0.0922. The van der Waals surface area contributed by atoms with Crippen LogP contribution in [0.2, 0.25) is 0 Å². The van der Waals surface area contributed by atoms with Gasteiger partial charge in [0.1, 0.15) is 5.69 Å². The maximum Gasteiger partial charge on any atom is 0.214 e. The molecular formula is C15H13N3O. The van der Waals surface area contributed by atoms with Crippen LogP contribution in [0.15, 0.2) is 48.8 Å². The van der Waals surface area contributed by atoms with Gasteiger partial charge in [0.15, 0.2) is 0 Å². The SMILES string of the molecule is CCn1cc(C(=O)c2ccc3ccccc3n2)cn1. The molecule has 0 atom stereocenters. The van der Waals surface area contributed by atoms with Gasteiger partial charge in [-0.1, -0.05) is 24.3 Å². The molecule has 3 rings (SSSR count). The fourth-order valence-corrected chi connectivity index (χ4v) is 1.99. The summed E-state index contributed by atoms with van der Waals surface area (Å²) in [5.41, 5.74) is 1.86. The highest BCUT2D eigenvalue weighted by Gasteiger charge is 2.13. The van der Waals surface area contributed by atoms with Crippen LogP contribution in [0.1, 0.15) is 23.0 Å². The first kappa shape index (κ1) is 11.6. The van der Waals surface area contributed by atoms with Crippen LogP contribution in [0.5, 0.6) is 0 Å². The number of hydrogen-bond acceptors (Lipinski definition) is 3. The average Bonchev–Trinajstić information content (AvgIpc) is 2.95. The molecule has 19 heavy (non-hydrogen) atoms. The zero-order valence-electron chi connectivity index (χ0n) is 10.6. The number of ketones is 1. The Morgan fingerprint density at radius 1 is 1.21 bits per heavy atom. The monoisotopic (exact) mass is 251 g/mol. The van der Waals surface area contributed by atoms with Crippen LogP contribution in [0.3, 0.4) is 0 Å². The van der Waals surface area contributed by atoms with Crippen molar-refractivity contribution in [2.45, 2.75) is 13.5 Å². The van der Waals surface area contributed by atoms with Gasteiger partial charge in [0, 0.05) is 18.1 Å². The largest absolute Gasteiger partial charge is 0.287 e. The number of fused-ring (bicyclic) bond motifs is 1. The second-order valence-corrected chi connectivity index (χ2v) is 4.30. The minimum Gasteiger partial charge on any atom is -0.287 e. The first-order chi connectivity index (χ1) is 9.28. The van der Waals surface area contributed by atoms with Crippen molar-refractivity contribution in [1.82, 2.24) is 14.8 Å². The Kier molecular flexibility index (Phi) is 2.83. The van der Waals surface area contributed by atoms with Crippen LogP contribution in [0, 0.1) is 0 Å². The van der Waals surface area contributed by atoms with Crippen LogP contribution in [-0.2, 0) is 6.54 Å². The molecule has 0 aliphatic rings. The molecule has 0 saturated heterocycles. The summed E-state index contributed by atoms with van der Waals surface area (Å²) in [6.07, 6.45) is 3.34. The number of nitrogens with zero attached hydrogens (tertiary/aromatic N) is 3. The van der Waals surface area contributed by atoms with E-state index in [9.17, 15) is 4.79 Å². The highest BCUT2D eigenvalue weighted by atomic mass is 16.1. The summed E-state index contributed by atoms with van der Waals surface area (Å²) >= 11 is 0. The fraction of sp³-hybridized carbons (Fsp3) is 0.133. The quantitative estimate of drug-likeness (QED) is 0.672.